The van der Waals surface area contributed by atoms with E-state index in [0.717, 1.165) is 5.69 Å². The van der Waals surface area contributed by atoms with Gasteiger partial charge in [-0.25, -0.2) is 9.55 Å². The van der Waals surface area contributed by atoms with E-state index in [1.54, 1.807) is 6.92 Å². The highest BCUT2D eigenvalue weighted by Gasteiger charge is 2.20. The van der Waals surface area contributed by atoms with Crippen molar-refractivity contribution >= 4 is 11.5 Å². The summed E-state index contributed by atoms with van der Waals surface area (Å²) < 4.78 is 1.40. The van der Waals surface area contributed by atoms with Crippen LogP contribution in [-0.2, 0) is 6.54 Å². The summed E-state index contributed by atoms with van der Waals surface area (Å²) in [6.07, 6.45) is 0.453. The molecule has 0 spiro atoms. The van der Waals surface area contributed by atoms with Crippen molar-refractivity contribution in [1.82, 2.24) is 9.55 Å². The summed E-state index contributed by atoms with van der Waals surface area (Å²) >= 11 is 0. The highest BCUT2D eigenvalue weighted by molar-refractivity contribution is 5.42. The topological polar surface area (TPSA) is 93.2 Å². The minimum absolute atomic E-state index is 0.110. The zero-order valence-corrected chi connectivity index (χ0v) is 11.1. The van der Waals surface area contributed by atoms with Gasteiger partial charge in [0.25, 0.3) is 0 Å². The van der Waals surface area contributed by atoms with E-state index in [1.807, 2.05) is 30.3 Å². The van der Waals surface area contributed by atoms with Crippen LogP contribution in [0.2, 0.25) is 0 Å². The van der Waals surface area contributed by atoms with Crippen molar-refractivity contribution in [3.05, 3.63) is 52.5 Å². The zero-order chi connectivity index (χ0) is 14.5. The Morgan fingerprint density at radius 1 is 1.45 bits per heavy atom. The second-order valence-electron chi connectivity index (χ2n) is 4.43. The molecule has 20 heavy (non-hydrogen) atoms. The van der Waals surface area contributed by atoms with Crippen molar-refractivity contribution in [2.45, 2.75) is 19.6 Å². The number of nitro groups is 1. The van der Waals surface area contributed by atoms with Crippen LogP contribution in [0.4, 0.5) is 11.5 Å². The quantitative estimate of drug-likeness (QED) is 0.617. The number of aromatic nitrogens is 2. The Labute approximate surface area is 116 Å². The monoisotopic (exact) mass is 276 g/mol. The summed E-state index contributed by atoms with van der Waals surface area (Å²) in [5, 5.41) is 23.9. The lowest BCUT2D eigenvalue weighted by molar-refractivity contribution is -0.392. The van der Waals surface area contributed by atoms with Crippen LogP contribution in [0.1, 0.15) is 5.82 Å². The molecule has 7 heteroatoms. The van der Waals surface area contributed by atoms with Gasteiger partial charge in [0.2, 0.25) is 0 Å². The first-order valence-corrected chi connectivity index (χ1v) is 6.21. The number of aliphatic hydroxyl groups excluding tert-OH is 1. The molecule has 0 radical (unpaired) electrons. The molecule has 1 aromatic carbocycles. The number of benzene rings is 1. The van der Waals surface area contributed by atoms with Crippen molar-refractivity contribution in [2.24, 2.45) is 0 Å². The normalized spacial score (nSPS) is 12.1. The first kappa shape index (κ1) is 14.0. The summed E-state index contributed by atoms with van der Waals surface area (Å²) in [6.45, 7) is 2.10. The molecule has 0 saturated heterocycles. The molecule has 1 atom stereocenters. The minimum Gasteiger partial charge on any atom is -0.387 e. The summed E-state index contributed by atoms with van der Waals surface area (Å²) in [4.78, 5) is 14.2. The maximum atomic E-state index is 10.8. The van der Waals surface area contributed by atoms with Crippen LogP contribution in [0.5, 0.6) is 0 Å². The van der Waals surface area contributed by atoms with Crippen molar-refractivity contribution in [3.63, 3.8) is 0 Å². The Morgan fingerprint density at radius 2 is 2.15 bits per heavy atom. The Morgan fingerprint density at radius 3 is 2.80 bits per heavy atom. The maximum absolute atomic E-state index is 10.8. The molecule has 0 amide bonds. The Balaban J connectivity index is 1.96. The molecule has 1 unspecified atom stereocenters. The second-order valence-corrected chi connectivity index (χ2v) is 4.43. The SMILES string of the molecule is Cc1ncc([N+](=O)[O-])n1CC(O)CNc1ccccc1. The van der Waals surface area contributed by atoms with Gasteiger partial charge in [0.05, 0.1) is 0 Å². The van der Waals surface area contributed by atoms with Crippen LogP contribution < -0.4 is 5.32 Å². The Kier molecular flexibility index (Phi) is 4.31. The van der Waals surface area contributed by atoms with Gasteiger partial charge in [0.15, 0.2) is 5.82 Å². The number of hydrogen-bond donors (Lipinski definition) is 2. The van der Waals surface area contributed by atoms with Crippen LogP contribution in [0.3, 0.4) is 0 Å². The van der Waals surface area contributed by atoms with E-state index in [1.165, 1.54) is 10.8 Å². The van der Waals surface area contributed by atoms with E-state index in [2.05, 4.69) is 10.3 Å². The highest BCUT2D eigenvalue weighted by atomic mass is 16.6. The van der Waals surface area contributed by atoms with E-state index >= 15 is 0 Å². The predicted molar refractivity (Wildman–Crippen MR) is 74.6 cm³/mol. The van der Waals surface area contributed by atoms with E-state index in [-0.39, 0.29) is 12.4 Å². The smallest absolute Gasteiger partial charge is 0.342 e. The number of para-hydroxylation sites is 1. The van der Waals surface area contributed by atoms with Gasteiger partial charge in [-0.15, -0.1) is 0 Å². The van der Waals surface area contributed by atoms with Gasteiger partial charge >= 0.3 is 5.82 Å². The predicted octanol–water partition coefficient (Wildman–Crippen LogP) is 1.57. The summed E-state index contributed by atoms with van der Waals surface area (Å²) in [6, 6.07) is 9.45. The van der Waals surface area contributed by atoms with Crippen LogP contribution in [-0.4, -0.2) is 32.2 Å². The van der Waals surface area contributed by atoms with Crippen LogP contribution >= 0.6 is 0 Å². The fourth-order valence-corrected chi connectivity index (χ4v) is 1.89. The van der Waals surface area contributed by atoms with E-state index in [4.69, 9.17) is 0 Å². The van der Waals surface area contributed by atoms with Crippen LogP contribution in [0, 0.1) is 17.0 Å². The molecule has 2 N–H and O–H groups in total. The molecule has 106 valence electrons. The molecule has 0 bridgehead atoms. The summed E-state index contributed by atoms with van der Waals surface area (Å²) in [5.41, 5.74) is 0.892. The third kappa shape index (κ3) is 3.33. The zero-order valence-electron chi connectivity index (χ0n) is 11.1. The number of rotatable bonds is 6. The van der Waals surface area contributed by atoms with Crippen LogP contribution in [0.25, 0.3) is 0 Å². The fraction of sp³-hybridized carbons (Fsp3) is 0.308. The van der Waals surface area contributed by atoms with Crippen molar-refractivity contribution < 1.29 is 10.0 Å². The van der Waals surface area contributed by atoms with Crippen molar-refractivity contribution in [3.8, 4) is 0 Å². The molecule has 1 aromatic heterocycles. The van der Waals surface area contributed by atoms with Crippen molar-refractivity contribution in [2.75, 3.05) is 11.9 Å². The van der Waals surface area contributed by atoms with Gasteiger partial charge in [-0.05, 0) is 17.1 Å². The molecule has 0 aliphatic rings. The van der Waals surface area contributed by atoms with E-state index < -0.39 is 11.0 Å². The standard InChI is InChI=1S/C13H16N4O3/c1-10-14-8-13(17(19)20)16(10)9-12(18)7-15-11-5-3-2-4-6-11/h2-6,8,12,15,18H,7,9H2,1H3. The first-order chi connectivity index (χ1) is 9.58. The maximum Gasteiger partial charge on any atom is 0.342 e. The third-order valence-corrected chi connectivity index (χ3v) is 2.93. The molecule has 0 saturated carbocycles. The highest BCUT2D eigenvalue weighted by Crippen LogP contribution is 2.14. The first-order valence-electron chi connectivity index (χ1n) is 6.21. The van der Waals surface area contributed by atoms with Gasteiger partial charge in [0, 0.05) is 19.2 Å². The van der Waals surface area contributed by atoms with Gasteiger partial charge in [0.1, 0.15) is 18.8 Å². The summed E-state index contributed by atoms with van der Waals surface area (Å²) in [5.74, 6) is 0.400. The number of nitrogens with one attached hydrogen (secondary N) is 1. The van der Waals surface area contributed by atoms with Crippen molar-refractivity contribution in [1.29, 1.82) is 0 Å². The average molecular weight is 276 g/mol. The molecule has 7 nitrogen and oxygen atoms in total. The molecule has 1 heterocycles. The van der Waals surface area contributed by atoms with Gasteiger partial charge in [-0.2, -0.15) is 0 Å². The second kappa shape index (κ2) is 6.16. The third-order valence-electron chi connectivity index (χ3n) is 2.93. The van der Waals surface area contributed by atoms with Crippen LogP contribution in [0.15, 0.2) is 36.5 Å². The largest absolute Gasteiger partial charge is 0.387 e. The number of aliphatic hydroxyl groups is 1. The molecule has 0 fully saturated rings. The number of imidazole rings is 1. The number of anilines is 1. The van der Waals surface area contributed by atoms with E-state index in [9.17, 15) is 15.2 Å². The van der Waals surface area contributed by atoms with E-state index in [0.29, 0.717) is 12.4 Å². The molecule has 0 aliphatic heterocycles. The number of nitrogens with zero attached hydrogens (tertiary/aromatic N) is 3. The summed E-state index contributed by atoms with van der Waals surface area (Å²) in [7, 11) is 0. The van der Waals surface area contributed by atoms with Gasteiger partial charge in [-0.3, -0.25) is 0 Å². The minimum atomic E-state index is -0.748. The fourth-order valence-electron chi connectivity index (χ4n) is 1.89. The Hall–Kier alpha value is -2.41. The molecule has 2 rings (SSSR count). The lowest BCUT2D eigenvalue weighted by Gasteiger charge is -2.12. The lowest BCUT2D eigenvalue weighted by atomic mass is 10.3. The molecular weight excluding hydrogens is 260 g/mol. The average Bonchev–Trinajstić information content (AvgIpc) is 2.79. The molecule has 0 aliphatic carbocycles. The molecule has 2 aromatic rings. The number of aryl methyl sites for hydroxylation is 1. The van der Waals surface area contributed by atoms with Gasteiger partial charge in [-0.1, -0.05) is 18.2 Å². The lowest BCUT2D eigenvalue weighted by Crippen LogP contribution is -2.26. The molecular formula is C13H16N4O3. The Bertz CT molecular complexity index is 583. The van der Waals surface area contributed by atoms with Gasteiger partial charge < -0.3 is 20.5 Å². The number of hydrogen-bond acceptors (Lipinski definition) is 5.